The highest BCUT2D eigenvalue weighted by Crippen LogP contribution is 2.37. The Labute approximate surface area is 149 Å². The van der Waals surface area contributed by atoms with Gasteiger partial charge in [0.25, 0.3) is 11.8 Å². The molecule has 6 heteroatoms. The van der Waals surface area contributed by atoms with Crippen LogP contribution in [-0.2, 0) is 0 Å². The first-order chi connectivity index (χ1) is 11.6. The van der Waals surface area contributed by atoms with Crippen molar-refractivity contribution in [2.24, 2.45) is 11.3 Å². The largest absolute Gasteiger partial charge is 0.288 e. The first-order valence-corrected chi connectivity index (χ1v) is 8.81. The molecule has 2 heterocycles. The standard InChI is InChI=1S/C19H28N4O2/c1-18(2,12-21-9-10-22(20)13-21)11-19(3,4)23-16(24)14-7-5-6-8-15(14)17(23)25/h5-8H,9-13,20H2,1-4H3. The quantitative estimate of drug-likeness (QED) is 0.653. The smallest absolute Gasteiger partial charge is 0.262 e. The Kier molecular flexibility index (Phi) is 4.47. The molecule has 3 rings (SSSR count). The zero-order valence-electron chi connectivity index (χ0n) is 15.6. The molecule has 25 heavy (non-hydrogen) atoms. The second kappa shape index (κ2) is 6.20. The fourth-order valence-corrected chi connectivity index (χ4v) is 4.45. The second-order valence-electron chi connectivity index (χ2n) is 8.65. The highest BCUT2D eigenvalue weighted by atomic mass is 16.2. The van der Waals surface area contributed by atoms with Gasteiger partial charge in [0.05, 0.1) is 17.8 Å². The van der Waals surface area contributed by atoms with Gasteiger partial charge in [-0.05, 0) is 37.8 Å². The van der Waals surface area contributed by atoms with Crippen LogP contribution in [0.5, 0.6) is 0 Å². The lowest BCUT2D eigenvalue weighted by atomic mass is 9.78. The van der Waals surface area contributed by atoms with Crippen molar-refractivity contribution in [2.45, 2.75) is 39.7 Å². The third kappa shape index (κ3) is 3.47. The molecule has 0 bridgehead atoms. The lowest BCUT2D eigenvalue weighted by molar-refractivity contribution is 0.0360. The fourth-order valence-electron chi connectivity index (χ4n) is 4.45. The third-order valence-corrected chi connectivity index (χ3v) is 5.05. The summed E-state index contributed by atoms with van der Waals surface area (Å²) in [6, 6.07) is 7.07. The Morgan fingerprint density at radius 1 is 1.00 bits per heavy atom. The minimum absolute atomic E-state index is 0.0516. The van der Waals surface area contributed by atoms with Crippen LogP contribution in [0.4, 0.5) is 0 Å². The lowest BCUT2D eigenvalue weighted by Gasteiger charge is -2.41. The number of amides is 2. The van der Waals surface area contributed by atoms with Crippen LogP contribution in [0.3, 0.4) is 0 Å². The summed E-state index contributed by atoms with van der Waals surface area (Å²) in [5.41, 5.74) is 0.413. The van der Waals surface area contributed by atoms with E-state index in [4.69, 9.17) is 5.84 Å². The molecule has 0 saturated carbocycles. The molecule has 0 aliphatic carbocycles. The molecule has 2 aliphatic heterocycles. The van der Waals surface area contributed by atoms with E-state index in [0.717, 1.165) is 32.7 Å². The predicted molar refractivity (Wildman–Crippen MR) is 96.8 cm³/mol. The number of nitrogens with two attached hydrogens (primary N) is 1. The lowest BCUT2D eigenvalue weighted by Crippen LogP contribution is -2.51. The maximum atomic E-state index is 12.8. The van der Waals surface area contributed by atoms with E-state index < -0.39 is 5.54 Å². The molecule has 2 N–H and O–H groups in total. The minimum atomic E-state index is -0.557. The average molecular weight is 344 g/mol. The number of rotatable bonds is 5. The van der Waals surface area contributed by atoms with Gasteiger partial charge >= 0.3 is 0 Å². The average Bonchev–Trinajstić information content (AvgIpc) is 3.00. The molecule has 2 aliphatic rings. The van der Waals surface area contributed by atoms with Crippen LogP contribution >= 0.6 is 0 Å². The van der Waals surface area contributed by atoms with Crippen molar-refractivity contribution in [3.63, 3.8) is 0 Å². The van der Waals surface area contributed by atoms with Crippen molar-refractivity contribution in [2.75, 3.05) is 26.3 Å². The zero-order valence-corrected chi connectivity index (χ0v) is 15.6. The summed E-state index contributed by atoms with van der Waals surface area (Å²) < 4.78 is 0. The zero-order chi connectivity index (χ0) is 18.4. The Morgan fingerprint density at radius 3 is 2.04 bits per heavy atom. The fraction of sp³-hybridized carbons (Fsp3) is 0.579. The highest BCUT2D eigenvalue weighted by molar-refractivity contribution is 6.21. The van der Waals surface area contributed by atoms with Crippen molar-refractivity contribution < 1.29 is 9.59 Å². The number of carbonyl (C=O) groups excluding carboxylic acids is 2. The molecule has 136 valence electrons. The SMILES string of the molecule is CC(C)(CN1CCN(N)C1)CC(C)(C)N1C(=O)c2ccccc2C1=O. The summed E-state index contributed by atoms with van der Waals surface area (Å²) in [7, 11) is 0. The number of hydrazine groups is 1. The second-order valence-corrected chi connectivity index (χ2v) is 8.65. The summed E-state index contributed by atoms with van der Waals surface area (Å²) in [4.78, 5) is 29.4. The van der Waals surface area contributed by atoms with Gasteiger partial charge in [0.1, 0.15) is 0 Å². The van der Waals surface area contributed by atoms with Gasteiger partial charge in [-0.1, -0.05) is 26.0 Å². The van der Waals surface area contributed by atoms with Crippen LogP contribution in [0.25, 0.3) is 0 Å². The van der Waals surface area contributed by atoms with Crippen LogP contribution in [0.2, 0.25) is 0 Å². The molecule has 6 nitrogen and oxygen atoms in total. The van der Waals surface area contributed by atoms with Crippen LogP contribution in [-0.4, -0.2) is 58.5 Å². The van der Waals surface area contributed by atoms with E-state index in [9.17, 15) is 9.59 Å². The molecule has 0 atom stereocenters. The Hall–Kier alpha value is -1.76. The number of hydrogen-bond donors (Lipinski definition) is 1. The van der Waals surface area contributed by atoms with E-state index in [1.54, 1.807) is 24.3 Å². The van der Waals surface area contributed by atoms with Gasteiger partial charge in [-0.15, -0.1) is 0 Å². The topological polar surface area (TPSA) is 69.9 Å². The van der Waals surface area contributed by atoms with Crippen molar-refractivity contribution in [3.8, 4) is 0 Å². The first kappa shape index (κ1) is 18.0. The Balaban J connectivity index is 1.75. The number of hydrogen-bond acceptors (Lipinski definition) is 5. The number of nitrogens with zero attached hydrogens (tertiary/aromatic N) is 3. The summed E-state index contributed by atoms with van der Waals surface area (Å²) >= 11 is 0. The maximum Gasteiger partial charge on any atom is 0.262 e. The van der Waals surface area contributed by atoms with Crippen LogP contribution in [0.15, 0.2) is 24.3 Å². The molecular weight excluding hydrogens is 316 g/mol. The molecule has 1 fully saturated rings. The van der Waals surface area contributed by atoms with Crippen molar-refractivity contribution in [1.82, 2.24) is 14.8 Å². The van der Waals surface area contributed by atoms with E-state index >= 15 is 0 Å². The summed E-state index contributed by atoms with van der Waals surface area (Å²) in [5.74, 6) is 5.48. The maximum absolute atomic E-state index is 12.8. The summed E-state index contributed by atoms with van der Waals surface area (Å²) in [6.07, 6.45) is 0.729. The number of benzene rings is 1. The molecule has 1 saturated heterocycles. The summed E-state index contributed by atoms with van der Waals surface area (Å²) in [5, 5.41) is 1.81. The van der Waals surface area contributed by atoms with E-state index in [1.165, 1.54) is 4.90 Å². The van der Waals surface area contributed by atoms with Gasteiger partial charge < -0.3 is 0 Å². The van der Waals surface area contributed by atoms with Gasteiger partial charge in [-0.2, -0.15) is 0 Å². The molecule has 2 amide bonds. The molecule has 1 aromatic carbocycles. The van der Waals surface area contributed by atoms with Crippen molar-refractivity contribution >= 4 is 11.8 Å². The highest BCUT2D eigenvalue weighted by Gasteiger charge is 2.46. The van der Waals surface area contributed by atoms with Gasteiger partial charge in [0.2, 0.25) is 0 Å². The van der Waals surface area contributed by atoms with Crippen molar-refractivity contribution in [1.29, 1.82) is 0 Å². The molecule has 0 unspecified atom stereocenters. The normalized spacial score (nSPS) is 19.8. The monoisotopic (exact) mass is 344 g/mol. The van der Waals surface area contributed by atoms with E-state index in [2.05, 4.69) is 18.7 Å². The number of imide groups is 1. The van der Waals surface area contributed by atoms with Crippen LogP contribution < -0.4 is 5.84 Å². The summed E-state index contributed by atoms with van der Waals surface area (Å²) in [6.45, 7) is 11.8. The van der Waals surface area contributed by atoms with Gasteiger partial charge in [-0.25, -0.2) is 5.01 Å². The Bertz CT molecular complexity index is 663. The molecule has 0 aromatic heterocycles. The third-order valence-electron chi connectivity index (χ3n) is 5.05. The number of fused-ring (bicyclic) bond motifs is 1. The molecule has 0 radical (unpaired) electrons. The van der Waals surface area contributed by atoms with E-state index in [-0.39, 0.29) is 17.2 Å². The van der Waals surface area contributed by atoms with Gasteiger partial charge in [-0.3, -0.25) is 25.2 Å². The van der Waals surface area contributed by atoms with Gasteiger partial charge in [0, 0.05) is 25.2 Å². The molecule has 0 spiro atoms. The van der Waals surface area contributed by atoms with E-state index in [1.807, 2.05) is 18.9 Å². The molecular formula is C19H28N4O2. The van der Waals surface area contributed by atoms with Gasteiger partial charge in [0.15, 0.2) is 0 Å². The molecule has 1 aromatic rings. The first-order valence-electron chi connectivity index (χ1n) is 8.81. The van der Waals surface area contributed by atoms with Crippen LogP contribution in [0, 0.1) is 5.41 Å². The minimum Gasteiger partial charge on any atom is -0.288 e. The van der Waals surface area contributed by atoms with E-state index in [0.29, 0.717) is 11.1 Å². The number of carbonyl (C=O) groups is 2. The van der Waals surface area contributed by atoms with Crippen molar-refractivity contribution in [3.05, 3.63) is 35.4 Å². The Morgan fingerprint density at radius 2 is 1.56 bits per heavy atom. The predicted octanol–water partition coefficient (Wildman–Crippen LogP) is 1.93. The van der Waals surface area contributed by atoms with Crippen LogP contribution in [0.1, 0.15) is 54.8 Å².